The molecule has 3 nitrogen and oxygen atoms in total. The van der Waals surface area contributed by atoms with Crippen LogP contribution in [-0.4, -0.2) is 9.97 Å². The van der Waals surface area contributed by atoms with Crippen LogP contribution >= 0.6 is 11.3 Å². The van der Waals surface area contributed by atoms with Gasteiger partial charge in [0, 0.05) is 23.4 Å². The molecule has 2 aromatic heterocycles. The summed E-state index contributed by atoms with van der Waals surface area (Å²) in [6, 6.07) is 0. The van der Waals surface area contributed by atoms with Gasteiger partial charge in [0.1, 0.15) is 6.26 Å². The smallest absolute Gasteiger partial charge is 0.180 e. The van der Waals surface area contributed by atoms with Gasteiger partial charge in [0.05, 0.1) is 10.7 Å². The Balaban J connectivity index is 2.11. The monoisotopic (exact) mass is 208 g/mol. The van der Waals surface area contributed by atoms with Gasteiger partial charge in [0.15, 0.2) is 6.39 Å². The summed E-state index contributed by atoms with van der Waals surface area (Å²) in [7, 11) is 0. The summed E-state index contributed by atoms with van der Waals surface area (Å²) in [6.07, 6.45) is 5.88. The molecule has 2 aromatic rings. The Labute approximate surface area is 86.8 Å². The van der Waals surface area contributed by atoms with Crippen LogP contribution in [0.2, 0.25) is 0 Å². The maximum Gasteiger partial charge on any atom is 0.180 e. The first kappa shape index (κ1) is 9.40. The van der Waals surface area contributed by atoms with E-state index in [9.17, 15) is 0 Å². The van der Waals surface area contributed by atoms with Crippen molar-refractivity contribution in [3.05, 3.63) is 34.4 Å². The minimum atomic E-state index is 0.506. The highest BCUT2D eigenvalue weighted by Crippen LogP contribution is 2.22. The Hall–Kier alpha value is -1.16. The van der Waals surface area contributed by atoms with Crippen LogP contribution in [0.5, 0.6) is 0 Å². The molecule has 14 heavy (non-hydrogen) atoms. The standard InChI is InChI=1S/C10H12N2OS/c1-7(2)10-11-4-9(14-10)3-8-5-13-6-12-8/h4-7H,3H2,1-2H3. The lowest BCUT2D eigenvalue weighted by Crippen LogP contribution is -1.82. The third-order valence-corrected chi connectivity index (χ3v) is 3.20. The van der Waals surface area contributed by atoms with Crippen molar-refractivity contribution in [2.75, 3.05) is 0 Å². The number of thiazole rings is 1. The normalized spacial score (nSPS) is 11.1. The van der Waals surface area contributed by atoms with Crippen molar-refractivity contribution in [3.8, 4) is 0 Å². The number of hydrogen-bond donors (Lipinski definition) is 0. The lowest BCUT2D eigenvalue weighted by molar-refractivity contribution is 0.556. The molecule has 0 aliphatic carbocycles. The highest BCUT2D eigenvalue weighted by molar-refractivity contribution is 7.11. The first-order valence-electron chi connectivity index (χ1n) is 4.57. The molecule has 4 heteroatoms. The number of rotatable bonds is 3. The van der Waals surface area contributed by atoms with Crippen molar-refractivity contribution >= 4 is 11.3 Å². The maximum atomic E-state index is 4.91. The molecule has 0 saturated heterocycles. The number of oxazole rings is 1. The van der Waals surface area contributed by atoms with E-state index in [1.165, 1.54) is 16.3 Å². The van der Waals surface area contributed by atoms with E-state index in [2.05, 4.69) is 23.8 Å². The number of aromatic nitrogens is 2. The summed E-state index contributed by atoms with van der Waals surface area (Å²) in [5.74, 6) is 0.506. The Kier molecular flexibility index (Phi) is 2.63. The van der Waals surface area contributed by atoms with Gasteiger partial charge in [-0.2, -0.15) is 0 Å². The zero-order chi connectivity index (χ0) is 9.97. The Morgan fingerprint density at radius 2 is 2.29 bits per heavy atom. The molecule has 0 atom stereocenters. The summed E-state index contributed by atoms with van der Waals surface area (Å²) in [5.41, 5.74) is 0.962. The van der Waals surface area contributed by atoms with E-state index in [0.717, 1.165) is 12.1 Å². The van der Waals surface area contributed by atoms with Gasteiger partial charge in [-0.05, 0) is 0 Å². The van der Waals surface area contributed by atoms with Crippen LogP contribution in [0.15, 0.2) is 23.3 Å². The van der Waals surface area contributed by atoms with Crippen molar-refractivity contribution in [2.45, 2.75) is 26.2 Å². The van der Waals surface area contributed by atoms with Crippen molar-refractivity contribution in [3.63, 3.8) is 0 Å². The third-order valence-electron chi connectivity index (χ3n) is 1.90. The fraction of sp³-hybridized carbons (Fsp3) is 0.400. The Morgan fingerprint density at radius 3 is 2.86 bits per heavy atom. The van der Waals surface area contributed by atoms with Gasteiger partial charge in [-0.1, -0.05) is 13.8 Å². The summed E-state index contributed by atoms with van der Waals surface area (Å²) in [5, 5.41) is 1.18. The van der Waals surface area contributed by atoms with E-state index < -0.39 is 0 Å². The summed E-state index contributed by atoms with van der Waals surface area (Å²) >= 11 is 1.75. The summed E-state index contributed by atoms with van der Waals surface area (Å²) < 4.78 is 4.91. The van der Waals surface area contributed by atoms with Crippen LogP contribution in [0.1, 0.15) is 35.3 Å². The molecule has 0 aliphatic heterocycles. The molecule has 0 spiro atoms. The molecule has 2 heterocycles. The molecule has 0 N–H and O–H groups in total. The highest BCUT2D eigenvalue weighted by atomic mass is 32.1. The SMILES string of the molecule is CC(C)c1ncc(Cc2cocn2)s1. The van der Waals surface area contributed by atoms with Gasteiger partial charge < -0.3 is 4.42 Å². The van der Waals surface area contributed by atoms with E-state index in [1.54, 1.807) is 17.6 Å². The van der Waals surface area contributed by atoms with E-state index in [0.29, 0.717) is 5.92 Å². The zero-order valence-corrected chi connectivity index (χ0v) is 9.04. The second kappa shape index (κ2) is 3.92. The van der Waals surface area contributed by atoms with E-state index >= 15 is 0 Å². The average molecular weight is 208 g/mol. The fourth-order valence-corrected chi connectivity index (χ4v) is 2.11. The zero-order valence-electron chi connectivity index (χ0n) is 8.23. The molecular weight excluding hydrogens is 196 g/mol. The van der Waals surface area contributed by atoms with Gasteiger partial charge in [-0.15, -0.1) is 11.3 Å². The molecule has 2 rings (SSSR count). The molecular formula is C10H12N2OS. The lowest BCUT2D eigenvalue weighted by atomic mass is 10.2. The second-order valence-electron chi connectivity index (χ2n) is 3.48. The average Bonchev–Trinajstić information content (AvgIpc) is 2.75. The highest BCUT2D eigenvalue weighted by Gasteiger charge is 2.07. The van der Waals surface area contributed by atoms with Crippen LogP contribution in [-0.2, 0) is 6.42 Å². The molecule has 0 aliphatic rings. The molecule has 0 fully saturated rings. The van der Waals surface area contributed by atoms with Crippen LogP contribution in [0.4, 0.5) is 0 Å². The molecule has 0 saturated carbocycles. The molecule has 0 unspecified atom stereocenters. The number of hydrogen-bond acceptors (Lipinski definition) is 4. The van der Waals surface area contributed by atoms with Crippen molar-refractivity contribution in [1.82, 2.24) is 9.97 Å². The first-order chi connectivity index (χ1) is 6.75. The topological polar surface area (TPSA) is 38.9 Å². The maximum absolute atomic E-state index is 4.91. The largest absolute Gasteiger partial charge is 0.451 e. The van der Waals surface area contributed by atoms with Crippen molar-refractivity contribution in [2.24, 2.45) is 0 Å². The molecule has 0 radical (unpaired) electrons. The van der Waals surface area contributed by atoms with Gasteiger partial charge in [0.2, 0.25) is 0 Å². The minimum Gasteiger partial charge on any atom is -0.451 e. The lowest BCUT2D eigenvalue weighted by Gasteiger charge is -1.95. The van der Waals surface area contributed by atoms with Crippen LogP contribution in [0.3, 0.4) is 0 Å². The van der Waals surface area contributed by atoms with E-state index in [1.807, 2.05) is 6.20 Å². The van der Waals surface area contributed by atoms with Gasteiger partial charge in [-0.25, -0.2) is 9.97 Å². The van der Waals surface area contributed by atoms with Gasteiger partial charge >= 0.3 is 0 Å². The molecule has 0 amide bonds. The Morgan fingerprint density at radius 1 is 1.43 bits per heavy atom. The minimum absolute atomic E-state index is 0.506. The van der Waals surface area contributed by atoms with E-state index in [4.69, 9.17) is 4.42 Å². The third kappa shape index (κ3) is 2.01. The Bertz CT molecular complexity index is 392. The fourth-order valence-electron chi connectivity index (χ4n) is 1.17. The number of nitrogens with zero attached hydrogens (tertiary/aromatic N) is 2. The summed E-state index contributed by atoms with van der Waals surface area (Å²) in [6.45, 7) is 4.30. The molecule has 0 bridgehead atoms. The van der Waals surface area contributed by atoms with Crippen LogP contribution in [0, 0.1) is 0 Å². The van der Waals surface area contributed by atoms with Crippen molar-refractivity contribution in [1.29, 1.82) is 0 Å². The predicted molar refractivity (Wildman–Crippen MR) is 55.5 cm³/mol. The van der Waals surface area contributed by atoms with Gasteiger partial charge in [0.25, 0.3) is 0 Å². The van der Waals surface area contributed by atoms with Crippen LogP contribution < -0.4 is 0 Å². The predicted octanol–water partition coefficient (Wildman–Crippen LogP) is 2.85. The molecule has 74 valence electrons. The first-order valence-corrected chi connectivity index (χ1v) is 5.39. The van der Waals surface area contributed by atoms with E-state index in [-0.39, 0.29) is 0 Å². The quantitative estimate of drug-likeness (QED) is 0.778. The van der Waals surface area contributed by atoms with Gasteiger partial charge in [-0.3, -0.25) is 0 Å². The van der Waals surface area contributed by atoms with Crippen molar-refractivity contribution < 1.29 is 4.42 Å². The second-order valence-corrected chi connectivity index (χ2v) is 4.62. The summed E-state index contributed by atoms with van der Waals surface area (Å²) in [4.78, 5) is 9.67. The molecule has 0 aromatic carbocycles. The van der Waals surface area contributed by atoms with Crippen LogP contribution in [0.25, 0.3) is 0 Å².